The minimum Gasteiger partial charge on any atom is -0.393 e. The molecule has 3 aromatic rings. The van der Waals surface area contributed by atoms with Gasteiger partial charge in [0.15, 0.2) is 0 Å². The van der Waals surface area contributed by atoms with Crippen LogP contribution in [0.2, 0.25) is 5.02 Å². The van der Waals surface area contributed by atoms with Gasteiger partial charge in [-0.3, -0.25) is 4.79 Å². The molecule has 1 aliphatic carbocycles. The molecule has 1 aliphatic rings. The monoisotopic (exact) mass is 443 g/mol. The van der Waals surface area contributed by atoms with E-state index in [0.717, 1.165) is 53.8 Å². The van der Waals surface area contributed by atoms with Crippen LogP contribution in [0.5, 0.6) is 0 Å². The van der Waals surface area contributed by atoms with Crippen molar-refractivity contribution < 1.29 is 5.11 Å². The predicted octanol–water partition coefficient (Wildman–Crippen LogP) is 5.16. The van der Waals surface area contributed by atoms with Crippen molar-refractivity contribution in [2.24, 2.45) is 0 Å². The van der Waals surface area contributed by atoms with Gasteiger partial charge in [0.25, 0.3) is 5.56 Å². The molecule has 1 aromatic carbocycles. The highest BCUT2D eigenvalue weighted by molar-refractivity contribution is 8.00. The predicted molar refractivity (Wildman–Crippen MR) is 123 cm³/mol. The Kier molecular flexibility index (Phi) is 6.66. The molecule has 1 N–H and O–H groups in total. The summed E-state index contributed by atoms with van der Waals surface area (Å²) in [6, 6.07) is 9.53. The molecule has 2 heterocycles. The zero-order valence-electron chi connectivity index (χ0n) is 17.0. The summed E-state index contributed by atoms with van der Waals surface area (Å²) < 4.78 is 3.48. The summed E-state index contributed by atoms with van der Waals surface area (Å²) in [5.74, 6) is 0. The summed E-state index contributed by atoms with van der Waals surface area (Å²) in [6.07, 6.45) is 10.2. The fraction of sp³-hybridized carbons (Fsp3) is 0.391. The summed E-state index contributed by atoms with van der Waals surface area (Å²) >= 11 is 8.46. The largest absolute Gasteiger partial charge is 0.393 e. The zero-order chi connectivity index (χ0) is 21.1. The standard InChI is InChI=1S/C23H26ClN3O2S/c1-2-11-26-15-17(3-10-23(26)29)27-14-16(13-25-27)21-9-8-20(12-22(21)24)30-19-6-4-18(28)5-7-19/h3,8-10,12-15,18-19,28H,2,4-7,11H2,1H3. The molecule has 2 aromatic heterocycles. The van der Waals surface area contributed by atoms with Crippen LogP contribution in [0.4, 0.5) is 0 Å². The van der Waals surface area contributed by atoms with Crippen molar-refractivity contribution in [1.82, 2.24) is 14.3 Å². The number of hydrogen-bond acceptors (Lipinski definition) is 4. The van der Waals surface area contributed by atoms with E-state index in [1.54, 1.807) is 27.6 Å². The Morgan fingerprint density at radius 1 is 1.17 bits per heavy atom. The lowest BCUT2D eigenvalue weighted by Crippen LogP contribution is -2.19. The molecule has 0 aliphatic heterocycles. The number of aliphatic hydroxyl groups is 1. The van der Waals surface area contributed by atoms with Gasteiger partial charge in [-0.15, -0.1) is 11.8 Å². The Hall–Kier alpha value is -2.02. The third kappa shape index (κ3) is 4.82. The summed E-state index contributed by atoms with van der Waals surface area (Å²) in [4.78, 5) is 13.1. The van der Waals surface area contributed by atoms with Gasteiger partial charge in [0.1, 0.15) is 0 Å². The van der Waals surface area contributed by atoms with Crippen LogP contribution in [-0.4, -0.2) is 30.8 Å². The van der Waals surface area contributed by atoms with E-state index in [1.165, 1.54) is 0 Å². The number of benzene rings is 1. The van der Waals surface area contributed by atoms with Gasteiger partial charge >= 0.3 is 0 Å². The number of pyridine rings is 1. The van der Waals surface area contributed by atoms with E-state index in [1.807, 2.05) is 43.2 Å². The topological polar surface area (TPSA) is 60.1 Å². The molecule has 7 heteroatoms. The summed E-state index contributed by atoms with van der Waals surface area (Å²) in [5, 5.41) is 15.4. The number of rotatable bonds is 6. The van der Waals surface area contributed by atoms with Crippen molar-refractivity contribution in [3.8, 4) is 16.8 Å². The van der Waals surface area contributed by atoms with Crippen LogP contribution < -0.4 is 5.56 Å². The Balaban J connectivity index is 1.52. The Morgan fingerprint density at radius 3 is 2.70 bits per heavy atom. The molecule has 0 spiro atoms. The minimum atomic E-state index is -0.134. The lowest BCUT2D eigenvalue weighted by molar-refractivity contribution is 0.132. The first-order chi connectivity index (χ1) is 14.5. The van der Waals surface area contributed by atoms with Crippen LogP contribution in [0.15, 0.2) is 58.6 Å². The number of aliphatic hydroxyl groups excluding tert-OH is 1. The van der Waals surface area contributed by atoms with Gasteiger partial charge in [-0.2, -0.15) is 5.10 Å². The highest BCUT2D eigenvalue weighted by Gasteiger charge is 2.20. The maximum atomic E-state index is 12.0. The number of nitrogens with zero attached hydrogens (tertiary/aromatic N) is 3. The van der Waals surface area contributed by atoms with Crippen molar-refractivity contribution in [3.05, 3.63) is 64.3 Å². The first-order valence-corrected chi connectivity index (χ1v) is 11.7. The molecule has 1 saturated carbocycles. The highest BCUT2D eigenvalue weighted by Crippen LogP contribution is 2.37. The van der Waals surface area contributed by atoms with Crippen molar-refractivity contribution in [1.29, 1.82) is 0 Å². The van der Waals surface area contributed by atoms with Crippen molar-refractivity contribution in [3.63, 3.8) is 0 Å². The molecule has 1 fully saturated rings. The van der Waals surface area contributed by atoms with Crippen molar-refractivity contribution in [2.75, 3.05) is 0 Å². The Morgan fingerprint density at radius 2 is 1.97 bits per heavy atom. The van der Waals surface area contributed by atoms with Gasteiger partial charge < -0.3 is 9.67 Å². The summed E-state index contributed by atoms with van der Waals surface area (Å²) in [7, 11) is 0. The minimum absolute atomic E-state index is 0.00316. The molecule has 0 saturated heterocycles. The normalized spacial score (nSPS) is 19.2. The number of aromatic nitrogens is 3. The molecule has 0 bridgehead atoms. The van der Waals surface area contributed by atoms with Gasteiger partial charge in [0.05, 0.1) is 18.0 Å². The van der Waals surface area contributed by atoms with Gasteiger partial charge in [-0.05, 0) is 50.3 Å². The van der Waals surface area contributed by atoms with Gasteiger partial charge in [-0.25, -0.2) is 4.68 Å². The van der Waals surface area contributed by atoms with Gasteiger partial charge in [0, 0.05) is 51.3 Å². The van der Waals surface area contributed by atoms with E-state index in [2.05, 4.69) is 11.2 Å². The molecule has 0 unspecified atom stereocenters. The molecule has 0 amide bonds. The van der Waals surface area contributed by atoms with Crippen LogP contribution in [-0.2, 0) is 6.54 Å². The molecule has 0 atom stereocenters. The van der Waals surface area contributed by atoms with Crippen LogP contribution in [0.1, 0.15) is 39.0 Å². The smallest absolute Gasteiger partial charge is 0.250 e. The average Bonchev–Trinajstić information content (AvgIpc) is 3.21. The third-order valence-corrected chi connectivity index (χ3v) is 7.12. The van der Waals surface area contributed by atoms with E-state index >= 15 is 0 Å². The van der Waals surface area contributed by atoms with E-state index in [-0.39, 0.29) is 11.7 Å². The zero-order valence-corrected chi connectivity index (χ0v) is 18.6. The third-order valence-electron chi connectivity index (χ3n) is 5.48. The Labute approximate surface area is 185 Å². The van der Waals surface area contributed by atoms with Crippen LogP contribution in [0.25, 0.3) is 16.8 Å². The number of halogens is 1. The van der Waals surface area contributed by atoms with Crippen LogP contribution in [0, 0.1) is 0 Å². The van der Waals surface area contributed by atoms with Crippen molar-refractivity contribution in [2.45, 2.75) is 61.8 Å². The van der Waals surface area contributed by atoms with Gasteiger partial charge in [-0.1, -0.05) is 24.6 Å². The quantitative estimate of drug-likeness (QED) is 0.571. The maximum absolute atomic E-state index is 12.0. The molecule has 4 rings (SSSR count). The van der Waals surface area contributed by atoms with Crippen LogP contribution >= 0.6 is 23.4 Å². The molecule has 5 nitrogen and oxygen atoms in total. The maximum Gasteiger partial charge on any atom is 0.250 e. The second-order valence-electron chi connectivity index (χ2n) is 7.78. The molecule has 0 radical (unpaired) electrons. The first-order valence-electron chi connectivity index (χ1n) is 10.4. The second kappa shape index (κ2) is 9.41. The van der Waals surface area contributed by atoms with E-state index < -0.39 is 0 Å². The molecular formula is C23H26ClN3O2S. The van der Waals surface area contributed by atoms with E-state index in [0.29, 0.717) is 16.8 Å². The SMILES string of the molecule is CCCn1cc(-n2cc(-c3ccc(SC4CCC(O)CC4)cc3Cl)cn2)ccc1=O. The fourth-order valence-corrected chi connectivity index (χ4v) is 5.41. The number of aryl methyl sites for hydroxylation is 1. The van der Waals surface area contributed by atoms with E-state index in [4.69, 9.17) is 11.6 Å². The van der Waals surface area contributed by atoms with Crippen LogP contribution in [0.3, 0.4) is 0 Å². The second-order valence-corrected chi connectivity index (χ2v) is 9.56. The van der Waals surface area contributed by atoms with Gasteiger partial charge in [0.2, 0.25) is 0 Å². The molecular weight excluding hydrogens is 418 g/mol. The number of thioether (sulfide) groups is 1. The number of hydrogen-bond donors (Lipinski definition) is 1. The summed E-state index contributed by atoms with van der Waals surface area (Å²) in [6.45, 7) is 2.73. The average molecular weight is 444 g/mol. The lowest BCUT2D eigenvalue weighted by atomic mass is 9.97. The highest BCUT2D eigenvalue weighted by atomic mass is 35.5. The summed E-state index contributed by atoms with van der Waals surface area (Å²) in [5.41, 5.74) is 2.72. The lowest BCUT2D eigenvalue weighted by Gasteiger charge is -2.24. The Bertz CT molecular complexity index is 1070. The first kappa shape index (κ1) is 21.2. The van der Waals surface area contributed by atoms with Crippen molar-refractivity contribution >= 4 is 23.4 Å². The van der Waals surface area contributed by atoms with E-state index in [9.17, 15) is 9.90 Å². The fourth-order valence-electron chi connectivity index (χ4n) is 3.83. The molecule has 158 valence electrons. The molecule has 30 heavy (non-hydrogen) atoms.